The molecule has 1 saturated heterocycles. The molecule has 1 fully saturated rings. The van der Waals surface area contributed by atoms with Gasteiger partial charge in [-0.15, -0.1) is 0 Å². The molecule has 32 heavy (non-hydrogen) atoms. The van der Waals surface area contributed by atoms with Crippen LogP contribution in [0.3, 0.4) is 0 Å². The second kappa shape index (κ2) is 8.71. The molecule has 5 nitrogen and oxygen atoms in total. The minimum atomic E-state index is -0.176. The van der Waals surface area contributed by atoms with Crippen LogP contribution >= 0.6 is 0 Å². The molecule has 1 aromatic heterocycles. The summed E-state index contributed by atoms with van der Waals surface area (Å²) in [7, 11) is 0. The highest BCUT2D eigenvalue weighted by Gasteiger charge is 2.32. The molecular formula is C27H24N2O3. The van der Waals surface area contributed by atoms with E-state index < -0.39 is 0 Å². The number of para-hydroxylation sites is 1. The highest BCUT2D eigenvalue weighted by Crippen LogP contribution is 2.34. The van der Waals surface area contributed by atoms with E-state index in [1.165, 1.54) is 0 Å². The van der Waals surface area contributed by atoms with Gasteiger partial charge in [0, 0.05) is 12.1 Å². The normalized spacial score (nSPS) is 16.1. The highest BCUT2D eigenvalue weighted by atomic mass is 16.3. The molecule has 3 aromatic carbocycles. The Labute approximate surface area is 187 Å². The van der Waals surface area contributed by atoms with Gasteiger partial charge in [-0.25, -0.2) is 4.98 Å². The average molecular weight is 425 g/mol. The number of nitrogens with zero attached hydrogens (tertiary/aromatic N) is 2. The number of rotatable bonds is 4. The number of aromatic hydroxyl groups is 1. The molecule has 1 N–H and O–H groups in total. The van der Waals surface area contributed by atoms with Crippen molar-refractivity contribution in [2.75, 3.05) is 6.54 Å². The van der Waals surface area contributed by atoms with Crippen LogP contribution in [0, 0.1) is 0 Å². The monoisotopic (exact) mass is 424 g/mol. The van der Waals surface area contributed by atoms with E-state index in [-0.39, 0.29) is 17.7 Å². The molecule has 0 spiro atoms. The Balaban J connectivity index is 1.39. The zero-order valence-electron chi connectivity index (χ0n) is 17.6. The molecule has 1 amide bonds. The number of phenolic OH excluding ortho intramolecular Hbond substituents is 1. The number of carbonyl (C=O) groups is 1. The van der Waals surface area contributed by atoms with E-state index in [0.29, 0.717) is 18.0 Å². The maximum Gasteiger partial charge on any atom is 0.258 e. The minimum absolute atomic E-state index is 0.00108. The zero-order valence-corrected chi connectivity index (χ0v) is 17.6. The van der Waals surface area contributed by atoms with Gasteiger partial charge in [0.25, 0.3) is 5.91 Å². The predicted octanol–water partition coefficient (Wildman–Crippen LogP) is 6.08. The van der Waals surface area contributed by atoms with Crippen LogP contribution in [-0.2, 0) is 0 Å². The summed E-state index contributed by atoms with van der Waals surface area (Å²) in [6.07, 6.45) is 4.42. The molecule has 5 heteroatoms. The van der Waals surface area contributed by atoms with Gasteiger partial charge in [0.2, 0.25) is 5.89 Å². The fraction of sp³-hybridized carbons (Fsp3) is 0.185. The first kappa shape index (κ1) is 20.1. The van der Waals surface area contributed by atoms with Gasteiger partial charge in [-0.05, 0) is 54.7 Å². The van der Waals surface area contributed by atoms with Gasteiger partial charge in [-0.1, -0.05) is 54.6 Å². The standard InChI is InChI=1S/C27H24N2O3/c30-25-12-5-4-10-22(25)27(31)29-17-7-6-11-24(29)23-18-32-26(28-23)21-15-13-20(14-16-21)19-8-2-1-3-9-19/h1-5,8-10,12-16,18,24,30H,6-7,11,17H2. The van der Waals surface area contributed by atoms with Crippen molar-refractivity contribution in [3.63, 3.8) is 0 Å². The molecule has 1 aliphatic rings. The number of benzene rings is 3. The Morgan fingerprint density at radius 1 is 0.875 bits per heavy atom. The summed E-state index contributed by atoms with van der Waals surface area (Å²) in [5, 5.41) is 10.1. The molecule has 1 atom stereocenters. The summed E-state index contributed by atoms with van der Waals surface area (Å²) in [6, 6.07) is 24.8. The Bertz CT molecular complexity index is 1220. The molecule has 2 heterocycles. The van der Waals surface area contributed by atoms with E-state index in [4.69, 9.17) is 9.40 Å². The third-order valence-electron chi connectivity index (χ3n) is 6.00. The second-order valence-electron chi connectivity index (χ2n) is 8.05. The molecule has 160 valence electrons. The van der Waals surface area contributed by atoms with Crippen LogP contribution in [0.5, 0.6) is 5.75 Å². The SMILES string of the molecule is O=C(c1ccccc1O)N1CCCCC1c1coc(-c2ccc(-c3ccccc3)cc2)n1. The highest BCUT2D eigenvalue weighted by molar-refractivity contribution is 5.97. The lowest BCUT2D eigenvalue weighted by Crippen LogP contribution is -2.38. The van der Waals surface area contributed by atoms with Crippen LogP contribution in [0.4, 0.5) is 0 Å². The maximum absolute atomic E-state index is 13.2. The van der Waals surface area contributed by atoms with Crippen molar-refractivity contribution in [1.82, 2.24) is 9.88 Å². The summed E-state index contributed by atoms with van der Waals surface area (Å²) in [6.45, 7) is 0.631. The van der Waals surface area contributed by atoms with Crippen molar-refractivity contribution in [2.45, 2.75) is 25.3 Å². The van der Waals surface area contributed by atoms with Gasteiger partial charge >= 0.3 is 0 Å². The van der Waals surface area contributed by atoms with Crippen molar-refractivity contribution in [3.8, 4) is 28.3 Å². The third kappa shape index (κ3) is 3.89. The first-order chi connectivity index (χ1) is 15.7. The molecule has 5 rings (SSSR count). The number of hydrogen-bond donors (Lipinski definition) is 1. The van der Waals surface area contributed by atoms with Gasteiger partial charge in [-0.3, -0.25) is 4.79 Å². The number of likely N-dealkylation sites (tertiary alicyclic amines) is 1. The first-order valence-electron chi connectivity index (χ1n) is 10.9. The smallest absolute Gasteiger partial charge is 0.258 e. The van der Waals surface area contributed by atoms with Gasteiger partial charge in [-0.2, -0.15) is 0 Å². The fourth-order valence-corrected chi connectivity index (χ4v) is 4.30. The third-order valence-corrected chi connectivity index (χ3v) is 6.00. The Kier molecular flexibility index (Phi) is 5.46. The van der Waals surface area contributed by atoms with Crippen LogP contribution in [0.1, 0.15) is 41.4 Å². The van der Waals surface area contributed by atoms with Crippen molar-refractivity contribution in [3.05, 3.63) is 96.4 Å². The van der Waals surface area contributed by atoms with E-state index in [1.54, 1.807) is 35.4 Å². The van der Waals surface area contributed by atoms with Crippen LogP contribution in [0.15, 0.2) is 89.5 Å². The minimum Gasteiger partial charge on any atom is -0.507 e. The van der Waals surface area contributed by atoms with Crippen LogP contribution < -0.4 is 0 Å². The average Bonchev–Trinajstić information content (AvgIpc) is 3.35. The van der Waals surface area contributed by atoms with Crippen molar-refractivity contribution in [2.24, 2.45) is 0 Å². The van der Waals surface area contributed by atoms with Crippen molar-refractivity contribution >= 4 is 5.91 Å². The largest absolute Gasteiger partial charge is 0.507 e. The zero-order chi connectivity index (χ0) is 21.9. The second-order valence-corrected chi connectivity index (χ2v) is 8.05. The van der Waals surface area contributed by atoms with E-state index in [9.17, 15) is 9.90 Å². The molecule has 4 aromatic rings. The van der Waals surface area contributed by atoms with Crippen molar-refractivity contribution in [1.29, 1.82) is 0 Å². The molecule has 1 unspecified atom stereocenters. The van der Waals surface area contributed by atoms with Gasteiger partial charge in [0.1, 0.15) is 17.7 Å². The summed E-state index contributed by atoms with van der Waals surface area (Å²) in [5.74, 6) is 0.367. The number of phenols is 1. The number of oxazole rings is 1. The summed E-state index contributed by atoms with van der Waals surface area (Å²) >= 11 is 0. The summed E-state index contributed by atoms with van der Waals surface area (Å²) in [4.78, 5) is 19.7. The van der Waals surface area contributed by atoms with Gasteiger partial charge < -0.3 is 14.4 Å². The summed E-state index contributed by atoms with van der Waals surface area (Å²) in [5.41, 5.74) is 4.25. The van der Waals surface area contributed by atoms with Crippen LogP contribution in [0.2, 0.25) is 0 Å². The Morgan fingerprint density at radius 3 is 2.34 bits per heavy atom. The van der Waals surface area contributed by atoms with Crippen molar-refractivity contribution < 1.29 is 14.3 Å². The molecule has 0 bridgehead atoms. The number of amides is 1. The molecular weight excluding hydrogens is 400 g/mol. The summed E-state index contributed by atoms with van der Waals surface area (Å²) < 4.78 is 5.81. The lowest BCUT2D eigenvalue weighted by Gasteiger charge is -2.34. The number of piperidine rings is 1. The van der Waals surface area contributed by atoms with Crippen LogP contribution in [-0.4, -0.2) is 27.4 Å². The van der Waals surface area contributed by atoms with Gasteiger partial charge in [0.15, 0.2) is 0 Å². The molecule has 1 aliphatic heterocycles. The predicted molar refractivity (Wildman–Crippen MR) is 123 cm³/mol. The Hall–Kier alpha value is -3.86. The fourth-order valence-electron chi connectivity index (χ4n) is 4.30. The Morgan fingerprint density at radius 2 is 1.56 bits per heavy atom. The van der Waals surface area contributed by atoms with Crippen LogP contribution in [0.25, 0.3) is 22.6 Å². The number of hydrogen-bond acceptors (Lipinski definition) is 4. The molecule has 0 radical (unpaired) electrons. The molecule has 0 aliphatic carbocycles. The van der Waals surface area contributed by atoms with E-state index in [2.05, 4.69) is 24.3 Å². The maximum atomic E-state index is 13.2. The number of carbonyl (C=O) groups excluding carboxylic acids is 1. The molecule has 0 saturated carbocycles. The van der Waals surface area contributed by atoms with E-state index in [1.807, 2.05) is 30.3 Å². The topological polar surface area (TPSA) is 66.6 Å². The first-order valence-corrected chi connectivity index (χ1v) is 10.9. The lowest BCUT2D eigenvalue weighted by atomic mass is 9.98. The van der Waals surface area contributed by atoms with Gasteiger partial charge in [0.05, 0.1) is 11.6 Å². The lowest BCUT2D eigenvalue weighted by molar-refractivity contribution is 0.0603. The quantitative estimate of drug-likeness (QED) is 0.431. The van der Waals surface area contributed by atoms with E-state index in [0.717, 1.165) is 41.6 Å². The number of aromatic nitrogens is 1. The van der Waals surface area contributed by atoms with E-state index >= 15 is 0 Å².